The summed E-state index contributed by atoms with van der Waals surface area (Å²) >= 11 is 5.85. The van der Waals surface area contributed by atoms with E-state index in [1.165, 1.54) is 0 Å². The van der Waals surface area contributed by atoms with Gasteiger partial charge in [0.1, 0.15) is 12.4 Å². The van der Waals surface area contributed by atoms with E-state index in [1.54, 1.807) is 18.3 Å². The summed E-state index contributed by atoms with van der Waals surface area (Å²) in [7, 11) is 1.89. The molecule has 19 heavy (non-hydrogen) atoms. The van der Waals surface area contributed by atoms with E-state index in [0.717, 1.165) is 12.1 Å². The van der Waals surface area contributed by atoms with E-state index in [-0.39, 0.29) is 6.61 Å². The first-order chi connectivity index (χ1) is 9.15. The third-order valence-electron chi connectivity index (χ3n) is 2.89. The van der Waals surface area contributed by atoms with Crippen molar-refractivity contribution in [3.05, 3.63) is 47.2 Å². The van der Waals surface area contributed by atoms with Gasteiger partial charge in [0, 0.05) is 24.0 Å². The summed E-state index contributed by atoms with van der Waals surface area (Å²) in [5.41, 5.74) is 1.10. The van der Waals surface area contributed by atoms with Crippen molar-refractivity contribution in [2.24, 2.45) is 7.05 Å². The Balaban J connectivity index is 1.76. The number of aliphatic hydroxyl groups is 1. The normalized spacial score (nSPS) is 12.4. The van der Waals surface area contributed by atoms with Crippen LogP contribution in [0.3, 0.4) is 0 Å². The molecule has 0 aliphatic carbocycles. The minimum absolute atomic E-state index is 0.262. The van der Waals surface area contributed by atoms with Gasteiger partial charge in [-0.1, -0.05) is 17.7 Å². The fourth-order valence-corrected chi connectivity index (χ4v) is 1.97. The predicted octanol–water partition coefficient (Wildman–Crippen LogP) is 2.45. The highest BCUT2D eigenvalue weighted by Crippen LogP contribution is 2.17. The lowest BCUT2D eigenvalue weighted by atomic mass is 10.1. The van der Waals surface area contributed by atoms with Gasteiger partial charge in [-0.3, -0.25) is 4.68 Å². The second-order valence-corrected chi connectivity index (χ2v) is 4.84. The van der Waals surface area contributed by atoms with Crippen molar-refractivity contribution in [2.45, 2.75) is 18.9 Å². The first-order valence-electron chi connectivity index (χ1n) is 6.18. The average molecular weight is 281 g/mol. The molecule has 0 radical (unpaired) electrons. The number of hydrogen-bond donors (Lipinski definition) is 1. The van der Waals surface area contributed by atoms with Crippen LogP contribution in [0.1, 0.15) is 12.1 Å². The quantitative estimate of drug-likeness (QED) is 0.884. The fraction of sp³-hybridized carbons (Fsp3) is 0.357. The molecule has 0 amide bonds. The molecule has 4 nitrogen and oxygen atoms in total. The summed E-state index contributed by atoms with van der Waals surface area (Å²) in [4.78, 5) is 0. The van der Waals surface area contributed by atoms with Crippen LogP contribution in [0.4, 0.5) is 0 Å². The Labute approximate surface area is 117 Å². The van der Waals surface area contributed by atoms with Crippen LogP contribution < -0.4 is 4.74 Å². The Morgan fingerprint density at radius 2 is 2.26 bits per heavy atom. The lowest BCUT2D eigenvalue weighted by Gasteiger charge is -2.12. The number of ether oxygens (including phenoxy) is 1. The molecule has 0 fully saturated rings. The molecule has 0 aliphatic heterocycles. The van der Waals surface area contributed by atoms with Gasteiger partial charge < -0.3 is 9.84 Å². The van der Waals surface area contributed by atoms with E-state index in [0.29, 0.717) is 17.2 Å². The topological polar surface area (TPSA) is 47.3 Å². The second kappa shape index (κ2) is 6.59. The molecule has 1 unspecified atom stereocenters. The van der Waals surface area contributed by atoms with Gasteiger partial charge in [0.15, 0.2) is 0 Å². The molecule has 0 bridgehead atoms. The van der Waals surface area contributed by atoms with Crippen LogP contribution in [-0.2, 0) is 13.5 Å². The molecule has 1 atom stereocenters. The number of aliphatic hydroxyl groups excluding tert-OH is 1. The molecule has 2 aromatic rings. The standard InChI is InChI=1S/C14H17ClN2O2/c1-17-12(7-8-16-17)5-6-13(18)10-19-14-4-2-3-11(15)9-14/h2-4,7-9,13,18H,5-6,10H2,1H3. The van der Waals surface area contributed by atoms with Crippen molar-refractivity contribution in [1.29, 1.82) is 0 Å². The van der Waals surface area contributed by atoms with Gasteiger partial charge in [0.05, 0.1) is 6.10 Å². The zero-order chi connectivity index (χ0) is 13.7. The maximum atomic E-state index is 9.88. The number of hydrogen-bond acceptors (Lipinski definition) is 3. The molecule has 1 aromatic heterocycles. The lowest BCUT2D eigenvalue weighted by molar-refractivity contribution is 0.0998. The Morgan fingerprint density at radius 1 is 1.42 bits per heavy atom. The molecule has 1 N–H and O–H groups in total. The first kappa shape index (κ1) is 13.9. The lowest BCUT2D eigenvalue weighted by Crippen LogP contribution is -2.18. The van der Waals surface area contributed by atoms with Crippen molar-refractivity contribution in [2.75, 3.05) is 6.61 Å². The highest BCUT2D eigenvalue weighted by atomic mass is 35.5. The van der Waals surface area contributed by atoms with Gasteiger partial charge in [-0.25, -0.2) is 0 Å². The monoisotopic (exact) mass is 280 g/mol. The van der Waals surface area contributed by atoms with E-state index in [2.05, 4.69) is 5.10 Å². The maximum Gasteiger partial charge on any atom is 0.120 e. The third kappa shape index (κ3) is 4.26. The fourth-order valence-electron chi connectivity index (χ4n) is 1.79. The zero-order valence-corrected chi connectivity index (χ0v) is 11.5. The molecular weight excluding hydrogens is 264 g/mol. The minimum Gasteiger partial charge on any atom is -0.491 e. The largest absolute Gasteiger partial charge is 0.491 e. The Morgan fingerprint density at radius 3 is 2.95 bits per heavy atom. The number of halogens is 1. The molecular formula is C14H17ClN2O2. The minimum atomic E-state index is -0.506. The van der Waals surface area contributed by atoms with Crippen molar-refractivity contribution in [3.63, 3.8) is 0 Å². The van der Waals surface area contributed by atoms with E-state index < -0.39 is 6.10 Å². The molecule has 1 aromatic carbocycles. The van der Waals surface area contributed by atoms with Crippen LogP contribution in [0.15, 0.2) is 36.5 Å². The molecule has 2 rings (SSSR count). The predicted molar refractivity (Wildman–Crippen MR) is 74.5 cm³/mol. The smallest absolute Gasteiger partial charge is 0.120 e. The van der Waals surface area contributed by atoms with E-state index in [1.807, 2.05) is 29.9 Å². The highest BCUT2D eigenvalue weighted by molar-refractivity contribution is 6.30. The molecule has 5 heteroatoms. The summed E-state index contributed by atoms with van der Waals surface area (Å²) in [6.45, 7) is 0.262. The van der Waals surface area contributed by atoms with Crippen molar-refractivity contribution < 1.29 is 9.84 Å². The summed E-state index contributed by atoms with van der Waals surface area (Å²) < 4.78 is 7.30. The number of aryl methyl sites for hydroxylation is 2. The molecule has 102 valence electrons. The number of benzene rings is 1. The number of nitrogens with zero attached hydrogens (tertiary/aromatic N) is 2. The number of aromatic nitrogens is 2. The van der Waals surface area contributed by atoms with Crippen molar-refractivity contribution in [3.8, 4) is 5.75 Å². The van der Waals surface area contributed by atoms with Gasteiger partial charge in [-0.15, -0.1) is 0 Å². The molecule has 1 heterocycles. The van der Waals surface area contributed by atoms with E-state index >= 15 is 0 Å². The van der Waals surface area contributed by atoms with Crippen LogP contribution in [0.5, 0.6) is 5.75 Å². The van der Waals surface area contributed by atoms with E-state index in [9.17, 15) is 5.11 Å². The molecule has 0 aliphatic rings. The SMILES string of the molecule is Cn1nccc1CCC(O)COc1cccc(Cl)c1. The summed E-state index contributed by atoms with van der Waals surface area (Å²) in [6.07, 6.45) is 2.66. The van der Waals surface area contributed by atoms with Crippen LogP contribution in [0, 0.1) is 0 Å². The average Bonchev–Trinajstić information content (AvgIpc) is 2.80. The Kier molecular flexibility index (Phi) is 4.82. The van der Waals surface area contributed by atoms with Gasteiger partial charge in [0.25, 0.3) is 0 Å². The molecule has 0 saturated heterocycles. The van der Waals surface area contributed by atoms with Crippen LogP contribution in [-0.4, -0.2) is 27.6 Å². The van der Waals surface area contributed by atoms with Crippen LogP contribution in [0.25, 0.3) is 0 Å². The van der Waals surface area contributed by atoms with Gasteiger partial charge in [-0.2, -0.15) is 5.10 Å². The first-order valence-corrected chi connectivity index (χ1v) is 6.56. The van der Waals surface area contributed by atoms with Crippen molar-refractivity contribution >= 4 is 11.6 Å². The Bertz CT molecular complexity index is 528. The zero-order valence-electron chi connectivity index (χ0n) is 10.8. The van der Waals surface area contributed by atoms with Crippen molar-refractivity contribution in [1.82, 2.24) is 9.78 Å². The third-order valence-corrected chi connectivity index (χ3v) is 3.13. The molecule has 0 saturated carbocycles. The van der Waals surface area contributed by atoms with Gasteiger partial charge in [-0.05, 0) is 37.1 Å². The van der Waals surface area contributed by atoms with Gasteiger partial charge >= 0.3 is 0 Å². The van der Waals surface area contributed by atoms with Gasteiger partial charge in [0.2, 0.25) is 0 Å². The summed E-state index contributed by atoms with van der Waals surface area (Å²) in [5.74, 6) is 0.673. The Hall–Kier alpha value is -1.52. The van der Waals surface area contributed by atoms with E-state index in [4.69, 9.17) is 16.3 Å². The summed E-state index contributed by atoms with van der Waals surface area (Å²) in [6, 6.07) is 9.10. The van der Waals surface area contributed by atoms with Crippen LogP contribution >= 0.6 is 11.6 Å². The second-order valence-electron chi connectivity index (χ2n) is 4.41. The molecule has 0 spiro atoms. The van der Waals surface area contributed by atoms with Crippen LogP contribution in [0.2, 0.25) is 5.02 Å². The maximum absolute atomic E-state index is 9.88. The summed E-state index contributed by atoms with van der Waals surface area (Å²) in [5, 5.41) is 14.6. The highest BCUT2D eigenvalue weighted by Gasteiger charge is 2.07. The number of rotatable bonds is 6.